The van der Waals surface area contributed by atoms with Gasteiger partial charge in [-0.3, -0.25) is 14.9 Å². The zero-order chi connectivity index (χ0) is 25.8. The molecule has 0 amide bonds. The van der Waals surface area contributed by atoms with Crippen LogP contribution in [0.1, 0.15) is 36.2 Å². The van der Waals surface area contributed by atoms with Gasteiger partial charge in [-0.15, -0.1) is 0 Å². The zero-order valence-corrected chi connectivity index (χ0v) is 20.5. The van der Waals surface area contributed by atoms with Gasteiger partial charge in [-0.2, -0.15) is 0 Å². The Labute approximate surface area is 204 Å². The summed E-state index contributed by atoms with van der Waals surface area (Å²) in [7, 11) is 4.37. The van der Waals surface area contributed by atoms with Gasteiger partial charge in [-0.05, 0) is 24.1 Å². The van der Waals surface area contributed by atoms with Gasteiger partial charge in [0.05, 0.1) is 39.0 Å². The van der Waals surface area contributed by atoms with Crippen LogP contribution in [0.4, 0.5) is 0 Å². The summed E-state index contributed by atoms with van der Waals surface area (Å²) >= 11 is 0. The molecule has 10 heteroatoms. The van der Waals surface area contributed by atoms with E-state index in [9.17, 15) is 14.4 Å². The number of carbonyl (C=O) groups is 3. The molecule has 2 rings (SSSR count). The maximum atomic E-state index is 13.0. The summed E-state index contributed by atoms with van der Waals surface area (Å²) in [5.41, 5.74) is 0.129. The molecule has 0 unspecified atom stereocenters. The molecule has 2 aromatic carbocycles. The summed E-state index contributed by atoms with van der Waals surface area (Å²) in [6.07, 6.45) is 0.483. The zero-order valence-electron chi connectivity index (χ0n) is 20.5. The third kappa shape index (κ3) is 7.35. The lowest BCUT2D eigenvalue weighted by atomic mass is 9.88. The van der Waals surface area contributed by atoms with Crippen LogP contribution in [-0.2, 0) is 29.3 Å². The quantitative estimate of drug-likeness (QED) is 0.332. The van der Waals surface area contributed by atoms with Crippen molar-refractivity contribution in [1.29, 1.82) is 0 Å². The smallest absolute Gasteiger partial charge is 0.338 e. The maximum absolute atomic E-state index is 13.0. The van der Waals surface area contributed by atoms with Crippen LogP contribution in [0.25, 0.3) is 0 Å². The summed E-state index contributed by atoms with van der Waals surface area (Å²) in [6.45, 7) is 2.35. The average molecular weight is 490 g/mol. The Morgan fingerprint density at radius 2 is 1.51 bits per heavy atom. The van der Waals surface area contributed by atoms with E-state index in [0.717, 1.165) is 5.56 Å². The summed E-state index contributed by atoms with van der Waals surface area (Å²) in [6, 6.07) is 12.3. The van der Waals surface area contributed by atoms with Crippen LogP contribution >= 0.6 is 0 Å². The van der Waals surface area contributed by atoms with Crippen LogP contribution in [0.2, 0.25) is 0 Å². The monoisotopic (exact) mass is 489 g/mol. The first kappa shape index (κ1) is 27.5. The van der Waals surface area contributed by atoms with E-state index in [1.165, 1.54) is 40.4 Å². The van der Waals surface area contributed by atoms with Crippen molar-refractivity contribution < 1.29 is 42.8 Å². The van der Waals surface area contributed by atoms with Gasteiger partial charge in [0.1, 0.15) is 6.61 Å². The van der Waals surface area contributed by atoms with Crippen LogP contribution in [0.3, 0.4) is 0 Å². The fraction of sp³-hybridized carbons (Fsp3) is 0.400. The van der Waals surface area contributed by atoms with Gasteiger partial charge in [-0.25, -0.2) is 4.79 Å². The number of hydrogen-bond acceptors (Lipinski definition) is 10. The van der Waals surface area contributed by atoms with Crippen molar-refractivity contribution in [2.75, 3.05) is 41.3 Å². The number of benzene rings is 2. The van der Waals surface area contributed by atoms with E-state index in [1.807, 2.05) is 37.3 Å². The topological polar surface area (TPSA) is 119 Å². The lowest BCUT2D eigenvalue weighted by Gasteiger charge is -2.34. The molecule has 35 heavy (non-hydrogen) atoms. The molecule has 0 aliphatic rings. The summed E-state index contributed by atoms with van der Waals surface area (Å²) in [5, 5.41) is 3.15. The predicted octanol–water partition coefficient (Wildman–Crippen LogP) is 2.83. The van der Waals surface area contributed by atoms with E-state index >= 15 is 0 Å². The molecule has 0 radical (unpaired) electrons. The molecule has 0 aromatic heterocycles. The standard InChI is InChI=1S/C25H31NO9/c1-6-25(19-10-8-7-9-11-19,26-14-22(28)35-16-34-17(2)27)15-33-24(29)18-12-20(30-3)23(32-5)21(13-18)31-4/h7-13,26H,6,14-16H2,1-5H3/t25-/m1/s1. The second kappa shape index (κ2) is 13.2. The van der Waals surface area contributed by atoms with Gasteiger partial charge < -0.3 is 28.4 Å². The van der Waals surface area contributed by atoms with E-state index in [0.29, 0.717) is 23.7 Å². The number of methoxy groups -OCH3 is 3. The molecule has 0 aliphatic heterocycles. The van der Waals surface area contributed by atoms with E-state index in [1.54, 1.807) is 0 Å². The molecular formula is C25H31NO9. The van der Waals surface area contributed by atoms with E-state index in [4.69, 9.17) is 23.7 Å². The van der Waals surface area contributed by atoms with Gasteiger partial charge in [-0.1, -0.05) is 37.3 Å². The Kier molecular flexibility index (Phi) is 10.3. The van der Waals surface area contributed by atoms with Crippen molar-refractivity contribution in [1.82, 2.24) is 5.32 Å². The van der Waals surface area contributed by atoms with E-state index in [2.05, 4.69) is 10.1 Å². The second-order valence-corrected chi connectivity index (χ2v) is 7.42. The number of hydrogen-bond donors (Lipinski definition) is 1. The Morgan fingerprint density at radius 1 is 0.886 bits per heavy atom. The molecule has 0 heterocycles. The number of nitrogens with one attached hydrogen (secondary N) is 1. The number of ether oxygens (including phenoxy) is 6. The van der Waals surface area contributed by atoms with Gasteiger partial charge in [0, 0.05) is 6.92 Å². The van der Waals surface area contributed by atoms with E-state index < -0.39 is 30.2 Å². The third-order valence-electron chi connectivity index (χ3n) is 5.33. The molecule has 10 nitrogen and oxygen atoms in total. The normalized spacial score (nSPS) is 12.1. The third-order valence-corrected chi connectivity index (χ3v) is 5.33. The minimum absolute atomic E-state index is 0.0831. The lowest BCUT2D eigenvalue weighted by Crippen LogP contribution is -2.48. The Bertz CT molecular complexity index is 984. The van der Waals surface area contributed by atoms with Crippen LogP contribution in [0, 0.1) is 0 Å². The van der Waals surface area contributed by atoms with Crippen LogP contribution in [0.15, 0.2) is 42.5 Å². The van der Waals surface area contributed by atoms with Crippen molar-refractivity contribution in [2.45, 2.75) is 25.8 Å². The largest absolute Gasteiger partial charge is 0.493 e. The average Bonchev–Trinajstić information content (AvgIpc) is 2.88. The summed E-state index contributed by atoms with van der Waals surface area (Å²) in [4.78, 5) is 36.0. The minimum Gasteiger partial charge on any atom is -0.493 e. The van der Waals surface area contributed by atoms with Crippen molar-refractivity contribution in [3.63, 3.8) is 0 Å². The molecule has 190 valence electrons. The first-order chi connectivity index (χ1) is 16.8. The molecule has 0 aliphatic carbocycles. The molecule has 0 fully saturated rings. The highest BCUT2D eigenvalue weighted by atomic mass is 16.7. The van der Waals surface area contributed by atoms with Gasteiger partial charge in [0.15, 0.2) is 11.5 Å². The maximum Gasteiger partial charge on any atom is 0.338 e. The fourth-order valence-corrected chi connectivity index (χ4v) is 3.37. The second-order valence-electron chi connectivity index (χ2n) is 7.42. The highest BCUT2D eigenvalue weighted by Crippen LogP contribution is 2.38. The van der Waals surface area contributed by atoms with Crippen molar-refractivity contribution in [3.05, 3.63) is 53.6 Å². The van der Waals surface area contributed by atoms with Gasteiger partial charge in [0.25, 0.3) is 0 Å². The molecule has 0 saturated carbocycles. The molecule has 2 aromatic rings. The minimum atomic E-state index is -0.891. The molecule has 0 spiro atoms. The molecule has 1 N–H and O–H groups in total. The van der Waals surface area contributed by atoms with Crippen LogP contribution < -0.4 is 19.5 Å². The van der Waals surface area contributed by atoms with Crippen LogP contribution in [-0.4, -0.2) is 59.2 Å². The van der Waals surface area contributed by atoms with Gasteiger partial charge in [0.2, 0.25) is 12.5 Å². The Balaban J connectivity index is 2.22. The van der Waals surface area contributed by atoms with Crippen molar-refractivity contribution in [3.8, 4) is 17.2 Å². The molecular weight excluding hydrogens is 458 g/mol. The Hall–Kier alpha value is -3.79. The van der Waals surface area contributed by atoms with Crippen molar-refractivity contribution in [2.24, 2.45) is 0 Å². The SMILES string of the molecule is CC[C@](COC(=O)c1cc(OC)c(OC)c(OC)c1)(NCC(=O)OCOC(C)=O)c1ccccc1. The molecule has 1 atom stereocenters. The van der Waals surface area contributed by atoms with Crippen LogP contribution in [0.5, 0.6) is 17.2 Å². The first-order valence-electron chi connectivity index (χ1n) is 10.9. The first-order valence-corrected chi connectivity index (χ1v) is 10.9. The highest BCUT2D eigenvalue weighted by molar-refractivity contribution is 5.91. The van der Waals surface area contributed by atoms with E-state index in [-0.39, 0.29) is 18.7 Å². The fourth-order valence-electron chi connectivity index (χ4n) is 3.37. The summed E-state index contributed by atoms with van der Waals surface area (Å²) in [5.74, 6) is -0.813. The van der Waals surface area contributed by atoms with Crippen molar-refractivity contribution >= 4 is 17.9 Å². The summed E-state index contributed by atoms with van der Waals surface area (Å²) < 4.78 is 31.1. The molecule has 0 saturated heterocycles. The Morgan fingerprint density at radius 3 is 2.03 bits per heavy atom. The number of carbonyl (C=O) groups excluding carboxylic acids is 3. The van der Waals surface area contributed by atoms with Gasteiger partial charge >= 0.3 is 17.9 Å². The lowest BCUT2D eigenvalue weighted by molar-refractivity contribution is -0.165. The highest BCUT2D eigenvalue weighted by Gasteiger charge is 2.33. The molecule has 0 bridgehead atoms. The predicted molar refractivity (Wildman–Crippen MR) is 126 cm³/mol. The number of esters is 3. The number of rotatable bonds is 13.